The van der Waals surface area contributed by atoms with Gasteiger partial charge in [0.1, 0.15) is 5.82 Å². The summed E-state index contributed by atoms with van der Waals surface area (Å²) in [4.78, 5) is 42.6. The number of hydrogen-bond donors (Lipinski definition) is 5. The Balaban J connectivity index is 0.000000406. The fraction of sp³-hybridized carbons (Fsp3) is 0.0500. The summed E-state index contributed by atoms with van der Waals surface area (Å²) in [6.07, 6.45) is -3.49. The lowest BCUT2D eigenvalue weighted by Crippen LogP contribution is -2.21. The summed E-state index contributed by atoms with van der Waals surface area (Å²) < 4.78 is 36.7. The van der Waals surface area contributed by atoms with Gasteiger partial charge in [-0.2, -0.15) is 18.2 Å². The number of carboxylic acids is 1. The number of hydrogen-bond acceptors (Lipinski definition) is 8. The molecule has 4 aromatic rings. The van der Waals surface area contributed by atoms with Crippen molar-refractivity contribution < 1.29 is 32.3 Å². The maximum absolute atomic E-state index is 11.3. The average molecular weight is 476 g/mol. The molecule has 0 unspecified atom stereocenters. The fourth-order valence-corrected chi connectivity index (χ4v) is 2.55. The van der Waals surface area contributed by atoms with E-state index in [4.69, 9.17) is 20.1 Å². The molecule has 6 N–H and O–H groups in total. The topological polar surface area (TPSA) is 176 Å². The molecule has 0 bridgehead atoms. The van der Waals surface area contributed by atoms with Crippen LogP contribution >= 0.6 is 0 Å². The van der Waals surface area contributed by atoms with E-state index < -0.39 is 23.8 Å². The summed E-state index contributed by atoms with van der Waals surface area (Å²) in [6, 6.07) is 13.6. The molecule has 0 fully saturated rings. The first-order valence-electron chi connectivity index (χ1n) is 9.21. The molecular weight excluding hydrogens is 461 g/mol. The Kier molecular flexibility index (Phi) is 6.80. The van der Waals surface area contributed by atoms with E-state index in [1.807, 2.05) is 0 Å². The highest BCUT2D eigenvalue weighted by Crippen LogP contribution is 2.21. The molecule has 2 aromatic heterocycles. The normalized spacial score (nSPS) is 10.8. The van der Waals surface area contributed by atoms with Gasteiger partial charge in [0.05, 0.1) is 5.52 Å². The highest BCUT2D eigenvalue weighted by molar-refractivity contribution is 5.93. The van der Waals surface area contributed by atoms with Gasteiger partial charge in [-0.1, -0.05) is 6.07 Å². The number of alkyl halides is 3. The zero-order valence-corrected chi connectivity index (χ0v) is 16.9. The van der Waals surface area contributed by atoms with Crippen molar-refractivity contribution in [1.29, 1.82) is 0 Å². The van der Waals surface area contributed by atoms with Gasteiger partial charge < -0.3 is 25.9 Å². The summed E-state index contributed by atoms with van der Waals surface area (Å²) in [5.41, 5.74) is 8.10. The molecule has 1 amide bonds. The van der Waals surface area contributed by atoms with Crippen LogP contribution in [0.4, 0.5) is 36.3 Å². The summed E-state index contributed by atoms with van der Waals surface area (Å²) in [7, 11) is 0. The van der Waals surface area contributed by atoms with Crippen LogP contribution in [0.3, 0.4) is 0 Å². The molecule has 11 nitrogen and oxygen atoms in total. The van der Waals surface area contributed by atoms with Crippen molar-refractivity contribution in [2.24, 2.45) is 5.73 Å². The minimum Gasteiger partial charge on any atom is -0.475 e. The Morgan fingerprint density at radius 3 is 2.44 bits per heavy atom. The first-order valence-corrected chi connectivity index (χ1v) is 9.21. The SMILES string of the molecule is NC(=O)c1cccc(Nc2nccc(Nc3ccc4oc(=O)[nH]c4c3)n2)c1.O=C(O)C(F)(F)F. The third-order valence-electron chi connectivity index (χ3n) is 3.99. The van der Waals surface area contributed by atoms with E-state index in [2.05, 4.69) is 25.6 Å². The number of fused-ring (bicyclic) bond motifs is 1. The molecule has 0 spiro atoms. The number of aliphatic carboxylic acids is 1. The number of aromatic nitrogens is 3. The van der Waals surface area contributed by atoms with Crippen LogP contribution < -0.4 is 22.1 Å². The molecule has 0 aliphatic heterocycles. The van der Waals surface area contributed by atoms with Gasteiger partial charge in [0, 0.05) is 23.1 Å². The van der Waals surface area contributed by atoms with Crippen LogP contribution in [-0.4, -0.2) is 38.1 Å². The number of halogens is 3. The number of benzene rings is 2. The number of carboxylic acid groups (broad SMARTS) is 1. The van der Waals surface area contributed by atoms with E-state index in [0.29, 0.717) is 34.1 Å². The van der Waals surface area contributed by atoms with Gasteiger partial charge in [0.25, 0.3) is 0 Å². The van der Waals surface area contributed by atoms with E-state index in [1.54, 1.807) is 54.7 Å². The predicted molar refractivity (Wildman–Crippen MR) is 114 cm³/mol. The Morgan fingerprint density at radius 1 is 1.06 bits per heavy atom. The van der Waals surface area contributed by atoms with E-state index in [-0.39, 0.29) is 0 Å². The van der Waals surface area contributed by atoms with Crippen LogP contribution in [0.2, 0.25) is 0 Å². The maximum atomic E-state index is 11.3. The zero-order chi connectivity index (χ0) is 24.9. The molecule has 0 saturated heterocycles. The van der Waals surface area contributed by atoms with Gasteiger partial charge in [0.2, 0.25) is 11.9 Å². The largest absolute Gasteiger partial charge is 0.490 e. The van der Waals surface area contributed by atoms with Crippen LogP contribution in [-0.2, 0) is 4.79 Å². The average Bonchev–Trinajstić information content (AvgIpc) is 3.13. The molecule has 2 aromatic carbocycles. The number of anilines is 4. The van der Waals surface area contributed by atoms with Gasteiger partial charge in [-0.05, 0) is 42.5 Å². The highest BCUT2D eigenvalue weighted by Gasteiger charge is 2.38. The predicted octanol–water partition coefficient (Wildman–Crippen LogP) is 3.13. The molecule has 14 heteroatoms. The molecule has 0 aliphatic rings. The van der Waals surface area contributed by atoms with Crippen LogP contribution in [0.5, 0.6) is 0 Å². The number of primary amides is 1. The van der Waals surface area contributed by atoms with Crippen molar-refractivity contribution in [2.75, 3.05) is 10.6 Å². The quantitative estimate of drug-likeness (QED) is 0.290. The number of H-pyrrole nitrogens is 1. The second kappa shape index (κ2) is 9.72. The molecule has 176 valence electrons. The zero-order valence-electron chi connectivity index (χ0n) is 16.9. The second-order valence-corrected chi connectivity index (χ2v) is 6.49. The van der Waals surface area contributed by atoms with Crippen LogP contribution in [0, 0.1) is 0 Å². The molecule has 34 heavy (non-hydrogen) atoms. The Bertz CT molecular complexity index is 1400. The van der Waals surface area contributed by atoms with E-state index in [9.17, 15) is 22.8 Å². The van der Waals surface area contributed by atoms with Gasteiger partial charge in [-0.15, -0.1) is 0 Å². The molecule has 2 heterocycles. The van der Waals surface area contributed by atoms with E-state index >= 15 is 0 Å². The highest BCUT2D eigenvalue weighted by atomic mass is 19.4. The fourth-order valence-electron chi connectivity index (χ4n) is 2.55. The molecule has 0 saturated carbocycles. The van der Waals surface area contributed by atoms with Crippen LogP contribution in [0.15, 0.2) is 63.9 Å². The van der Waals surface area contributed by atoms with E-state index in [1.165, 1.54) is 0 Å². The molecular formula is C20H15F3N6O5. The minimum absolute atomic E-state index is 0.347. The number of oxazole rings is 1. The third-order valence-corrected chi connectivity index (χ3v) is 3.99. The number of nitrogens with one attached hydrogen (secondary N) is 3. The van der Waals surface area contributed by atoms with Crippen LogP contribution in [0.1, 0.15) is 10.4 Å². The number of aromatic amines is 1. The van der Waals surface area contributed by atoms with Gasteiger partial charge in [-0.25, -0.2) is 14.6 Å². The summed E-state index contributed by atoms with van der Waals surface area (Å²) in [5, 5.41) is 13.3. The van der Waals surface area contributed by atoms with E-state index in [0.717, 1.165) is 5.69 Å². The molecule has 0 aliphatic carbocycles. The van der Waals surface area contributed by atoms with Crippen LogP contribution in [0.25, 0.3) is 11.1 Å². The number of rotatable bonds is 5. The van der Waals surface area contributed by atoms with Crippen molar-refractivity contribution in [3.8, 4) is 0 Å². The maximum Gasteiger partial charge on any atom is 0.490 e. The lowest BCUT2D eigenvalue weighted by molar-refractivity contribution is -0.192. The smallest absolute Gasteiger partial charge is 0.475 e. The first kappa shape index (κ1) is 23.8. The molecule has 0 radical (unpaired) electrons. The second-order valence-electron chi connectivity index (χ2n) is 6.49. The number of nitrogens with zero attached hydrogens (tertiary/aromatic N) is 2. The molecule has 0 atom stereocenters. The lowest BCUT2D eigenvalue weighted by Gasteiger charge is -2.09. The van der Waals surface area contributed by atoms with Crippen molar-refractivity contribution in [1.82, 2.24) is 15.0 Å². The summed E-state index contributed by atoms with van der Waals surface area (Å²) >= 11 is 0. The van der Waals surface area contributed by atoms with Crippen molar-refractivity contribution >= 4 is 46.1 Å². The third kappa shape index (κ3) is 6.32. The van der Waals surface area contributed by atoms with Crippen molar-refractivity contribution in [3.05, 3.63) is 70.8 Å². The number of nitrogens with two attached hydrogens (primary N) is 1. The van der Waals surface area contributed by atoms with Gasteiger partial charge in [0.15, 0.2) is 5.58 Å². The monoisotopic (exact) mass is 476 g/mol. The lowest BCUT2D eigenvalue weighted by atomic mass is 10.2. The van der Waals surface area contributed by atoms with Gasteiger partial charge in [-0.3, -0.25) is 9.78 Å². The Morgan fingerprint density at radius 2 is 1.76 bits per heavy atom. The summed E-state index contributed by atoms with van der Waals surface area (Å²) in [5.74, 6) is -2.88. The minimum atomic E-state index is -5.08. The Hall–Kier alpha value is -4.88. The molecule has 4 rings (SSSR count). The Labute approximate surface area is 187 Å². The standard InChI is InChI=1S/C18H14N6O3.C2HF3O2/c19-16(25)10-2-1-3-11(8-10)22-17-20-7-6-15(24-17)21-12-4-5-14-13(9-12)23-18(26)27-14;3-2(4,5)1(6)7/h1-9H,(H2,19,25)(H,23,26)(H2,20,21,22,24);(H,6,7). The number of carbonyl (C=O) groups is 2. The number of carbonyl (C=O) groups excluding carboxylic acids is 1. The van der Waals surface area contributed by atoms with Crippen molar-refractivity contribution in [3.63, 3.8) is 0 Å². The van der Waals surface area contributed by atoms with Gasteiger partial charge >= 0.3 is 17.9 Å². The first-order chi connectivity index (χ1) is 16.0. The number of amides is 1. The van der Waals surface area contributed by atoms with Crippen molar-refractivity contribution in [2.45, 2.75) is 6.18 Å². The summed E-state index contributed by atoms with van der Waals surface area (Å²) in [6.45, 7) is 0.